The zero-order valence-corrected chi connectivity index (χ0v) is 16.8. The molecule has 2 aromatic carbocycles. The summed E-state index contributed by atoms with van der Waals surface area (Å²) in [6.07, 6.45) is 0. The number of carbonyl (C=O) groups is 1. The molecule has 29 heavy (non-hydrogen) atoms. The number of anilines is 1. The van der Waals surface area contributed by atoms with Crippen LogP contribution < -0.4 is 14.8 Å². The van der Waals surface area contributed by atoms with E-state index in [2.05, 4.69) is 10.3 Å². The first-order valence-electron chi connectivity index (χ1n) is 9.36. The Balaban J connectivity index is 1.64. The Morgan fingerprint density at radius 3 is 2.45 bits per heavy atom. The van der Waals surface area contributed by atoms with Crippen LogP contribution in [-0.4, -0.2) is 24.6 Å². The molecule has 0 aliphatic rings. The van der Waals surface area contributed by atoms with E-state index in [9.17, 15) is 4.79 Å². The van der Waals surface area contributed by atoms with E-state index in [0.29, 0.717) is 41.7 Å². The van der Waals surface area contributed by atoms with Crippen molar-refractivity contribution in [3.8, 4) is 17.2 Å². The van der Waals surface area contributed by atoms with Gasteiger partial charge in [0.25, 0.3) is 5.91 Å². The number of nitrogens with one attached hydrogen (secondary N) is 1. The highest BCUT2D eigenvalue weighted by atomic mass is 16.5. The lowest BCUT2D eigenvalue weighted by atomic mass is 10.1. The van der Waals surface area contributed by atoms with Gasteiger partial charge in [-0.1, -0.05) is 6.07 Å². The van der Waals surface area contributed by atoms with Crippen molar-refractivity contribution in [1.82, 2.24) is 4.98 Å². The van der Waals surface area contributed by atoms with Crippen LogP contribution in [0.3, 0.4) is 0 Å². The van der Waals surface area contributed by atoms with Gasteiger partial charge in [0.05, 0.1) is 30.2 Å². The maximum atomic E-state index is 12.6. The van der Waals surface area contributed by atoms with E-state index in [4.69, 9.17) is 14.2 Å². The Hall–Kier alpha value is -3.38. The van der Waals surface area contributed by atoms with Crippen molar-refractivity contribution >= 4 is 11.6 Å². The lowest BCUT2D eigenvalue weighted by Gasteiger charge is -2.10. The minimum absolute atomic E-state index is 0.211. The first-order valence-corrected chi connectivity index (χ1v) is 9.36. The molecule has 150 valence electrons. The first-order chi connectivity index (χ1) is 14.1. The van der Waals surface area contributed by atoms with Crippen molar-refractivity contribution in [2.24, 2.45) is 0 Å². The summed E-state index contributed by atoms with van der Waals surface area (Å²) in [6.45, 7) is 4.76. The molecule has 0 bridgehead atoms. The minimum atomic E-state index is -0.211. The highest BCUT2D eigenvalue weighted by molar-refractivity contribution is 6.05. The molecular formula is C23H24N2O4. The molecule has 0 saturated carbocycles. The highest BCUT2D eigenvalue weighted by Crippen LogP contribution is 2.26. The highest BCUT2D eigenvalue weighted by Gasteiger charge is 2.11. The van der Waals surface area contributed by atoms with Crippen LogP contribution in [-0.2, 0) is 11.3 Å². The van der Waals surface area contributed by atoms with Crippen molar-refractivity contribution < 1.29 is 19.0 Å². The van der Waals surface area contributed by atoms with Crippen LogP contribution in [0.2, 0.25) is 0 Å². The van der Waals surface area contributed by atoms with Crippen LogP contribution in [0, 0.1) is 6.92 Å². The summed E-state index contributed by atoms with van der Waals surface area (Å²) in [5.74, 6) is 1.90. The maximum Gasteiger partial charge on any atom is 0.257 e. The fraction of sp³-hybridized carbons (Fsp3) is 0.217. The van der Waals surface area contributed by atoms with Gasteiger partial charge in [0, 0.05) is 18.9 Å². The molecule has 0 saturated heterocycles. The van der Waals surface area contributed by atoms with E-state index < -0.39 is 0 Å². The summed E-state index contributed by atoms with van der Waals surface area (Å²) < 4.78 is 16.4. The molecule has 0 radical (unpaired) electrons. The van der Waals surface area contributed by atoms with Crippen LogP contribution in [0.15, 0.2) is 60.7 Å². The Labute approximate surface area is 170 Å². The molecule has 0 aliphatic carbocycles. The number of rotatable bonds is 8. The fourth-order valence-corrected chi connectivity index (χ4v) is 2.82. The maximum absolute atomic E-state index is 12.6. The van der Waals surface area contributed by atoms with E-state index in [-0.39, 0.29) is 5.91 Å². The van der Waals surface area contributed by atoms with Gasteiger partial charge >= 0.3 is 0 Å². The van der Waals surface area contributed by atoms with Crippen LogP contribution in [0.25, 0.3) is 0 Å². The largest absolute Gasteiger partial charge is 0.494 e. The quantitative estimate of drug-likeness (QED) is 0.585. The number of nitrogens with zero attached hydrogens (tertiary/aromatic N) is 1. The summed E-state index contributed by atoms with van der Waals surface area (Å²) >= 11 is 0. The smallest absolute Gasteiger partial charge is 0.257 e. The van der Waals surface area contributed by atoms with Crippen LogP contribution in [0.4, 0.5) is 5.69 Å². The van der Waals surface area contributed by atoms with E-state index in [1.807, 2.05) is 31.2 Å². The van der Waals surface area contributed by atoms with Crippen molar-refractivity contribution in [3.05, 3.63) is 77.6 Å². The molecule has 0 atom stereocenters. The molecule has 0 fully saturated rings. The SMILES string of the molecule is CCOc1cccc(Oc2ccc(NC(=O)c3ccc(COC)nc3C)cc2)c1. The molecule has 0 spiro atoms. The minimum Gasteiger partial charge on any atom is -0.494 e. The molecule has 1 amide bonds. The summed E-state index contributed by atoms with van der Waals surface area (Å²) in [5.41, 5.74) is 2.64. The number of carbonyl (C=O) groups excluding carboxylic acids is 1. The molecule has 6 heteroatoms. The number of hydrogen-bond acceptors (Lipinski definition) is 5. The number of amides is 1. The molecule has 1 heterocycles. The Kier molecular flexibility index (Phi) is 6.81. The van der Waals surface area contributed by atoms with Crippen LogP contribution in [0.5, 0.6) is 17.2 Å². The van der Waals surface area contributed by atoms with Gasteiger partial charge in [0.15, 0.2) is 0 Å². The zero-order valence-electron chi connectivity index (χ0n) is 16.8. The van der Waals surface area contributed by atoms with Gasteiger partial charge in [-0.05, 0) is 62.4 Å². The molecule has 3 rings (SSSR count). The zero-order chi connectivity index (χ0) is 20.6. The predicted octanol–water partition coefficient (Wildman–Crippen LogP) is 4.98. The second kappa shape index (κ2) is 9.71. The number of aryl methyl sites for hydroxylation is 1. The number of ether oxygens (including phenoxy) is 3. The second-order valence-corrected chi connectivity index (χ2v) is 6.36. The van der Waals surface area contributed by atoms with Gasteiger partial charge < -0.3 is 19.5 Å². The summed E-state index contributed by atoms with van der Waals surface area (Å²) in [4.78, 5) is 16.9. The van der Waals surface area contributed by atoms with Gasteiger partial charge in [-0.2, -0.15) is 0 Å². The summed E-state index contributed by atoms with van der Waals surface area (Å²) in [5, 5.41) is 2.88. The predicted molar refractivity (Wildman–Crippen MR) is 112 cm³/mol. The molecular weight excluding hydrogens is 368 g/mol. The molecule has 1 N–H and O–H groups in total. The van der Waals surface area contributed by atoms with E-state index in [1.54, 1.807) is 50.4 Å². The van der Waals surface area contributed by atoms with E-state index in [0.717, 1.165) is 11.4 Å². The van der Waals surface area contributed by atoms with Gasteiger partial charge in [-0.15, -0.1) is 0 Å². The number of benzene rings is 2. The number of aromatic nitrogens is 1. The van der Waals surface area contributed by atoms with Crippen molar-refractivity contribution in [2.45, 2.75) is 20.5 Å². The monoisotopic (exact) mass is 392 g/mol. The van der Waals surface area contributed by atoms with Crippen molar-refractivity contribution in [1.29, 1.82) is 0 Å². The summed E-state index contributed by atoms with van der Waals surface area (Å²) in [7, 11) is 1.61. The molecule has 6 nitrogen and oxygen atoms in total. The Morgan fingerprint density at radius 1 is 1.00 bits per heavy atom. The first kappa shape index (κ1) is 20.4. The van der Waals surface area contributed by atoms with E-state index in [1.165, 1.54) is 0 Å². The number of methoxy groups -OCH3 is 1. The normalized spacial score (nSPS) is 10.4. The fourth-order valence-electron chi connectivity index (χ4n) is 2.82. The van der Waals surface area contributed by atoms with Crippen LogP contribution in [0.1, 0.15) is 28.7 Å². The third-order valence-electron chi connectivity index (χ3n) is 4.14. The van der Waals surface area contributed by atoms with Gasteiger partial charge in [0.2, 0.25) is 0 Å². The lowest BCUT2D eigenvalue weighted by molar-refractivity contribution is 0.102. The molecule has 0 aliphatic heterocycles. The number of hydrogen-bond donors (Lipinski definition) is 1. The third kappa shape index (κ3) is 5.56. The molecule has 1 aromatic heterocycles. The third-order valence-corrected chi connectivity index (χ3v) is 4.14. The van der Waals surface area contributed by atoms with Gasteiger partial charge in [-0.25, -0.2) is 0 Å². The van der Waals surface area contributed by atoms with Crippen molar-refractivity contribution in [3.63, 3.8) is 0 Å². The summed E-state index contributed by atoms with van der Waals surface area (Å²) in [6, 6.07) is 18.2. The molecule has 0 unspecified atom stereocenters. The van der Waals surface area contributed by atoms with Gasteiger partial charge in [-0.3, -0.25) is 9.78 Å². The average Bonchev–Trinajstić information content (AvgIpc) is 2.70. The average molecular weight is 392 g/mol. The van der Waals surface area contributed by atoms with Gasteiger partial charge in [0.1, 0.15) is 17.2 Å². The lowest BCUT2D eigenvalue weighted by Crippen LogP contribution is -2.14. The van der Waals surface area contributed by atoms with Crippen LogP contribution >= 0.6 is 0 Å². The number of pyridine rings is 1. The molecule has 3 aromatic rings. The topological polar surface area (TPSA) is 69.7 Å². The second-order valence-electron chi connectivity index (χ2n) is 6.36. The standard InChI is InChI=1S/C23H24N2O4/c1-4-28-20-6-5-7-21(14-20)29-19-11-8-17(9-12-19)25-23(26)22-13-10-18(15-27-3)24-16(22)2/h5-14H,4,15H2,1-3H3,(H,25,26). The van der Waals surface area contributed by atoms with Crippen molar-refractivity contribution in [2.75, 3.05) is 19.0 Å². The Bertz CT molecular complexity index is 971. The van der Waals surface area contributed by atoms with E-state index >= 15 is 0 Å². The Morgan fingerprint density at radius 2 is 1.76 bits per heavy atom.